The summed E-state index contributed by atoms with van der Waals surface area (Å²) in [6, 6.07) is 7.32. The number of halogens is 3. The van der Waals surface area contributed by atoms with Crippen molar-refractivity contribution in [1.29, 1.82) is 0 Å². The molecule has 0 aliphatic heterocycles. The zero-order valence-electron chi connectivity index (χ0n) is 15.9. The molecule has 0 radical (unpaired) electrons. The Morgan fingerprint density at radius 2 is 1.79 bits per heavy atom. The molecule has 1 aromatic rings. The molecule has 0 spiro atoms. The maximum absolute atomic E-state index is 11.6. The van der Waals surface area contributed by atoms with Gasteiger partial charge in [-0.05, 0) is 49.8 Å². The van der Waals surface area contributed by atoms with Crippen molar-refractivity contribution in [2.24, 2.45) is 0 Å². The molecule has 28 heavy (non-hydrogen) atoms. The number of hydrogen-bond donors (Lipinski definition) is 3. The Kier molecular flexibility index (Phi) is 11.7. The van der Waals surface area contributed by atoms with Crippen molar-refractivity contribution in [3.8, 4) is 5.75 Å². The van der Waals surface area contributed by atoms with Crippen LogP contribution in [0.5, 0.6) is 5.75 Å². The zero-order valence-corrected chi connectivity index (χ0v) is 19.0. The molecule has 0 aliphatic carbocycles. The third-order valence-corrected chi connectivity index (χ3v) is 4.39. The molecule has 0 aromatic heterocycles. The number of thiocarbonyl (C=S) groups is 1. The number of ether oxygens (including phenoxy) is 2. The van der Waals surface area contributed by atoms with E-state index in [1.54, 1.807) is 6.92 Å². The number of carbonyl (C=O) groups excluding carboxylic acids is 1. The lowest BCUT2D eigenvalue weighted by atomic mass is 10.2. The molecular weight excluding hydrogens is 445 g/mol. The van der Waals surface area contributed by atoms with Gasteiger partial charge in [0.25, 0.3) is 0 Å². The van der Waals surface area contributed by atoms with Crippen molar-refractivity contribution >= 4 is 63.9 Å². The molecule has 10 heteroatoms. The van der Waals surface area contributed by atoms with Crippen molar-refractivity contribution in [2.45, 2.75) is 49.5 Å². The minimum atomic E-state index is -1.84. The molecule has 0 saturated heterocycles. The molecule has 1 amide bonds. The number of alkyl halides is 3. The first-order valence-electron chi connectivity index (χ1n) is 9.06. The third kappa shape index (κ3) is 10.4. The van der Waals surface area contributed by atoms with Gasteiger partial charge in [0, 0.05) is 5.69 Å². The van der Waals surface area contributed by atoms with Crippen LogP contribution in [0.3, 0.4) is 0 Å². The fourth-order valence-corrected chi connectivity index (χ4v) is 2.71. The highest BCUT2D eigenvalue weighted by atomic mass is 35.6. The summed E-state index contributed by atoms with van der Waals surface area (Å²) < 4.78 is 8.65. The average Bonchev–Trinajstić information content (AvgIpc) is 2.62. The Morgan fingerprint density at radius 3 is 2.36 bits per heavy atom. The predicted octanol–water partition coefficient (Wildman–Crippen LogP) is 5.37. The standard InChI is InChI=1S/C18H26Cl3N3O3S/c1-3-5-6-7-12-27-14-10-8-13(9-11-14)22-16(28)23-15(18(19,20)21)24-17(25)26-4-2/h8-11,15H,3-7,12H2,1-2H3,(H,24,25)(H2,22,23,28). The van der Waals surface area contributed by atoms with Crippen molar-refractivity contribution in [3.05, 3.63) is 24.3 Å². The monoisotopic (exact) mass is 469 g/mol. The third-order valence-electron chi connectivity index (χ3n) is 3.52. The number of hydrogen-bond acceptors (Lipinski definition) is 4. The van der Waals surface area contributed by atoms with Crippen molar-refractivity contribution < 1.29 is 14.3 Å². The van der Waals surface area contributed by atoms with E-state index < -0.39 is 16.1 Å². The molecule has 3 N–H and O–H groups in total. The minimum Gasteiger partial charge on any atom is -0.494 e. The van der Waals surface area contributed by atoms with Crippen LogP contribution in [-0.4, -0.2) is 34.4 Å². The van der Waals surface area contributed by atoms with Crippen LogP contribution >= 0.6 is 47.0 Å². The van der Waals surface area contributed by atoms with Gasteiger partial charge in [0.15, 0.2) is 11.3 Å². The van der Waals surface area contributed by atoms with Crippen LogP contribution in [0.15, 0.2) is 24.3 Å². The number of carbonyl (C=O) groups is 1. The highest BCUT2D eigenvalue weighted by Gasteiger charge is 2.35. The molecule has 0 aliphatic rings. The number of alkyl carbamates (subject to hydrolysis) is 1. The van der Waals surface area contributed by atoms with Gasteiger partial charge >= 0.3 is 6.09 Å². The maximum atomic E-state index is 11.6. The van der Waals surface area contributed by atoms with Crippen LogP contribution in [0.1, 0.15) is 39.5 Å². The first-order chi connectivity index (χ1) is 13.3. The van der Waals surface area contributed by atoms with Crippen LogP contribution in [0.4, 0.5) is 10.5 Å². The largest absolute Gasteiger partial charge is 0.494 e. The van der Waals surface area contributed by atoms with E-state index in [0.717, 1.165) is 17.9 Å². The van der Waals surface area contributed by atoms with Crippen LogP contribution in [-0.2, 0) is 4.74 Å². The van der Waals surface area contributed by atoms with Crippen LogP contribution in [0.25, 0.3) is 0 Å². The van der Waals surface area contributed by atoms with E-state index in [2.05, 4.69) is 22.9 Å². The normalized spacial score (nSPS) is 12.0. The predicted molar refractivity (Wildman–Crippen MR) is 120 cm³/mol. The molecule has 0 heterocycles. The summed E-state index contributed by atoms with van der Waals surface area (Å²) in [5, 5.41) is 8.28. The molecule has 1 rings (SSSR count). The van der Waals surface area contributed by atoms with Gasteiger partial charge in [0.05, 0.1) is 13.2 Å². The molecular formula is C18H26Cl3N3O3S. The Hall–Kier alpha value is -1.15. The molecule has 158 valence electrons. The van der Waals surface area contributed by atoms with Gasteiger partial charge in [-0.15, -0.1) is 0 Å². The van der Waals surface area contributed by atoms with E-state index in [0.29, 0.717) is 6.61 Å². The van der Waals surface area contributed by atoms with Gasteiger partial charge in [0.1, 0.15) is 5.75 Å². The number of benzene rings is 1. The van der Waals surface area contributed by atoms with Crippen molar-refractivity contribution in [2.75, 3.05) is 18.5 Å². The summed E-state index contributed by atoms with van der Waals surface area (Å²) in [5.74, 6) is 0.782. The van der Waals surface area contributed by atoms with E-state index in [-0.39, 0.29) is 11.7 Å². The van der Waals surface area contributed by atoms with Crippen molar-refractivity contribution in [1.82, 2.24) is 10.6 Å². The van der Waals surface area contributed by atoms with Crippen molar-refractivity contribution in [3.63, 3.8) is 0 Å². The first kappa shape index (κ1) is 24.9. The van der Waals surface area contributed by atoms with Gasteiger partial charge in [0.2, 0.25) is 3.79 Å². The topological polar surface area (TPSA) is 71.6 Å². The second kappa shape index (κ2) is 13.1. The van der Waals surface area contributed by atoms with Gasteiger partial charge < -0.3 is 20.1 Å². The van der Waals surface area contributed by atoms with E-state index >= 15 is 0 Å². The second-order valence-corrected chi connectivity index (χ2v) is 8.65. The summed E-state index contributed by atoms with van der Waals surface area (Å²) in [6.45, 7) is 4.72. The van der Waals surface area contributed by atoms with Crippen LogP contribution in [0, 0.1) is 0 Å². The number of nitrogens with one attached hydrogen (secondary N) is 3. The summed E-state index contributed by atoms with van der Waals surface area (Å²) in [5.41, 5.74) is 0.718. The summed E-state index contributed by atoms with van der Waals surface area (Å²) in [7, 11) is 0. The molecule has 1 atom stereocenters. The lowest BCUT2D eigenvalue weighted by molar-refractivity contribution is 0.147. The number of rotatable bonds is 10. The van der Waals surface area contributed by atoms with Gasteiger partial charge in [-0.25, -0.2) is 4.79 Å². The average molecular weight is 471 g/mol. The summed E-state index contributed by atoms with van der Waals surface area (Å²) in [4.78, 5) is 11.6. The summed E-state index contributed by atoms with van der Waals surface area (Å²) >= 11 is 22.9. The first-order valence-corrected chi connectivity index (χ1v) is 10.6. The van der Waals surface area contributed by atoms with Gasteiger partial charge in [-0.1, -0.05) is 61.0 Å². The Balaban J connectivity index is 2.52. The van der Waals surface area contributed by atoms with Crippen LogP contribution < -0.4 is 20.7 Å². The van der Waals surface area contributed by atoms with E-state index in [1.807, 2.05) is 24.3 Å². The fraction of sp³-hybridized carbons (Fsp3) is 0.556. The quantitative estimate of drug-likeness (QED) is 0.185. The van der Waals surface area contributed by atoms with Gasteiger partial charge in [-0.2, -0.15) is 0 Å². The van der Waals surface area contributed by atoms with E-state index in [4.69, 9.17) is 56.5 Å². The number of amides is 1. The maximum Gasteiger partial charge on any atom is 0.408 e. The lowest BCUT2D eigenvalue weighted by Gasteiger charge is -2.27. The summed E-state index contributed by atoms with van der Waals surface area (Å²) in [6.07, 6.45) is 2.81. The Morgan fingerprint density at radius 1 is 1.11 bits per heavy atom. The van der Waals surface area contributed by atoms with E-state index in [1.165, 1.54) is 19.3 Å². The SMILES string of the molecule is CCCCCCOc1ccc(NC(=S)NC(NC(=O)OCC)C(Cl)(Cl)Cl)cc1. The highest BCUT2D eigenvalue weighted by molar-refractivity contribution is 7.80. The number of anilines is 1. The number of unbranched alkanes of at least 4 members (excludes halogenated alkanes) is 3. The highest BCUT2D eigenvalue weighted by Crippen LogP contribution is 2.29. The smallest absolute Gasteiger partial charge is 0.408 e. The van der Waals surface area contributed by atoms with Crippen LogP contribution in [0.2, 0.25) is 0 Å². The van der Waals surface area contributed by atoms with Gasteiger partial charge in [-0.3, -0.25) is 5.32 Å². The zero-order chi connectivity index (χ0) is 21.0. The Bertz CT molecular complexity index is 612. The molecule has 0 saturated carbocycles. The molecule has 0 bridgehead atoms. The molecule has 6 nitrogen and oxygen atoms in total. The second-order valence-electron chi connectivity index (χ2n) is 5.87. The lowest BCUT2D eigenvalue weighted by Crippen LogP contribution is -2.56. The molecule has 0 fully saturated rings. The Labute approximate surface area is 186 Å². The van der Waals surface area contributed by atoms with E-state index in [9.17, 15) is 4.79 Å². The fourth-order valence-electron chi connectivity index (χ4n) is 2.14. The molecule has 1 aromatic carbocycles. The molecule has 1 unspecified atom stereocenters. The minimum absolute atomic E-state index is 0.168.